The van der Waals surface area contributed by atoms with Crippen LogP contribution in [0.5, 0.6) is 11.5 Å². The van der Waals surface area contributed by atoms with Crippen molar-refractivity contribution in [3.8, 4) is 22.6 Å². The maximum atomic E-state index is 12.8. The SMILES string of the molecule is COc1ccc2c(c1)C[C@H](C(=O)Nc1nc3ccc(-c4cn[nH]c4)cc3s1)CO2. The fraction of sp³-hybridized carbons (Fsp3) is 0.190. The van der Waals surface area contributed by atoms with E-state index in [1.165, 1.54) is 11.3 Å². The second-order valence-corrected chi connectivity index (χ2v) is 7.89. The van der Waals surface area contributed by atoms with E-state index in [1.54, 1.807) is 13.3 Å². The van der Waals surface area contributed by atoms with Crippen LogP contribution in [0.1, 0.15) is 5.56 Å². The summed E-state index contributed by atoms with van der Waals surface area (Å²) >= 11 is 1.46. The van der Waals surface area contributed by atoms with Gasteiger partial charge in [-0.25, -0.2) is 4.98 Å². The molecule has 1 atom stereocenters. The minimum absolute atomic E-state index is 0.0902. The van der Waals surface area contributed by atoms with Gasteiger partial charge in [-0.15, -0.1) is 0 Å². The van der Waals surface area contributed by atoms with Gasteiger partial charge >= 0.3 is 0 Å². The van der Waals surface area contributed by atoms with Crippen LogP contribution in [0.3, 0.4) is 0 Å². The third-order valence-corrected chi connectivity index (χ3v) is 5.93. The number of H-pyrrole nitrogens is 1. The molecular weight excluding hydrogens is 388 g/mol. The van der Waals surface area contributed by atoms with Gasteiger partial charge in [-0.05, 0) is 47.9 Å². The van der Waals surface area contributed by atoms with Crippen LogP contribution in [0.25, 0.3) is 21.3 Å². The number of aromatic nitrogens is 3. The summed E-state index contributed by atoms with van der Waals surface area (Å²) in [5.41, 5.74) is 3.90. The van der Waals surface area contributed by atoms with E-state index < -0.39 is 0 Å². The van der Waals surface area contributed by atoms with Crippen LogP contribution in [0, 0.1) is 5.92 Å². The first kappa shape index (κ1) is 17.7. The first-order valence-corrected chi connectivity index (χ1v) is 10.0. The lowest BCUT2D eigenvalue weighted by Crippen LogP contribution is -2.32. The lowest BCUT2D eigenvalue weighted by molar-refractivity contribution is -0.121. The number of fused-ring (bicyclic) bond motifs is 2. The summed E-state index contributed by atoms with van der Waals surface area (Å²) in [6.45, 7) is 0.348. The predicted molar refractivity (Wildman–Crippen MR) is 112 cm³/mol. The van der Waals surface area contributed by atoms with Gasteiger partial charge in [0.25, 0.3) is 0 Å². The van der Waals surface area contributed by atoms with Gasteiger partial charge < -0.3 is 14.8 Å². The maximum Gasteiger partial charge on any atom is 0.233 e. The predicted octanol–water partition coefficient (Wildman–Crippen LogP) is 3.88. The second kappa shape index (κ2) is 7.21. The molecule has 0 saturated heterocycles. The molecule has 0 fully saturated rings. The molecule has 146 valence electrons. The smallest absolute Gasteiger partial charge is 0.233 e. The van der Waals surface area contributed by atoms with Gasteiger partial charge in [0.1, 0.15) is 18.1 Å². The number of methoxy groups -OCH3 is 1. The number of carbonyl (C=O) groups is 1. The third-order valence-electron chi connectivity index (χ3n) is 4.99. The van der Waals surface area contributed by atoms with Gasteiger partial charge in [0.05, 0.1) is 29.4 Å². The summed E-state index contributed by atoms with van der Waals surface area (Å²) in [7, 11) is 1.63. The van der Waals surface area contributed by atoms with E-state index in [2.05, 4.69) is 26.6 Å². The summed E-state index contributed by atoms with van der Waals surface area (Å²) < 4.78 is 12.0. The standard InChI is InChI=1S/C21H18N4O3S/c1-27-16-3-5-18-13(7-16)6-14(11-28-18)20(26)25-21-24-17-4-2-12(8-19(17)29-21)15-9-22-23-10-15/h2-5,7-10,14H,6,11H2,1H3,(H,22,23)(H,24,25,26)/t14-/m0/s1. The number of hydrogen-bond donors (Lipinski definition) is 2. The number of nitrogens with zero attached hydrogens (tertiary/aromatic N) is 2. The molecule has 0 aliphatic carbocycles. The number of thiazole rings is 1. The van der Waals surface area contributed by atoms with Gasteiger partial charge in [-0.2, -0.15) is 5.10 Å². The Morgan fingerprint density at radius 2 is 2.21 bits per heavy atom. The van der Waals surface area contributed by atoms with Gasteiger partial charge in [-0.3, -0.25) is 9.89 Å². The molecule has 2 aromatic carbocycles. The zero-order valence-electron chi connectivity index (χ0n) is 15.6. The van der Waals surface area contributed by atoms with Crippen molar-refractivity contribution in [1.29, 1.82) is 0 Å². The quantitative estimate of drug-likeness (QED) is 0.537. The first-order chi connectivity index (χ1) is 14.2. The molecule has 7 nitrogen and oxygen atoms in total. The topological polar surface area (TPSA) is 89.1 Å². The lowest BCUT2D eigenvalue weighted by Gasteiger charge is -2.24. The maximum absolute atomic E-state index is 12.8. The van der Waals surface area contributed by atoms with Gasteiger partial charge in [0, 0.05) is 11.8 Å². The van der Waals surface area contributed by atoms with Gasteiger partial charge in [-0.1, -0.05) is 17.4 Å². The monoisotopic (exact) mass is 406 g/mol. The number of aromatic amines is 1. The Kier molecular flexibility index (Phi) is 4.40. The second-order valence-electron chi connectivity index (χ2n) is 6.86. The molecule has 2 N–H and O–H groups in total. The fourth-order valence-corrected chi connectivity index (χ4v) is 4.35. The average Bonchev–Trinajstić information content (AvgIpc) is 3.41. The van der Waals surface area contributed by atoms with Crippen molar-refractivity contribution >= 4 is 32.6 Å². The third kappa shape index (κ3) is 3.42. The van der Waals surface area contributed by atoms with E-state index in [-0.39, 0.29) is 11.8 Å². The summed E-state index contributed by atoms with van der Waals surface area (Å²) in [5.74, 6) is 1.20. The van der Waals surface area contributed by atoms with E-state index in [1.807, 2.05) is 36.5 Å². The van der Waals surface area contributed by atoms with E-state index in [0.29, 0.717) is 18.2 Å². The minimum atomic E-state index is -0.275. The molecule has 0 saturated carbocycles. The van der Waals surface area contributed by atoms with Crippen LogP contribution in [0.2, 0.25) is 0 Å². The van der Waals surface area contributed by atoms with Crippen molar-refractivity contribution in [2.24, 2.45) is 5.92 Å². The molecule has 8 heteroatoms. The molecular formula is C21H18N4O3S. The number of carbonyl (C=O) groups excluding carboxylic acids is 1. The lowest BCUT2D eigenvalue weighted by atomic mass is 9.96. The highest BCUT2D eigenvalue weighted by Gasteiger charge is 2.27. The zero-order chi connectivity index (χ0) is 19.8. The van der Waals surface area contributed by atoms with Crippen molar-refractivity contribution in [3.05, 3.63) is 54.4 Å². The summed E-state index contributed by atoms with van der Waals surface area (Å²) in [6.07, 6.45) is 4.23. The van der Waals surface area contributed by atoms with E-state index in [9.17, 15) is 4.79 Å². The zero-order valence-corrected chi connectivity index (χ0v) is 16.5. The van der Waals surface area contributed by atoms with Crippen molar-refractivity contribution in [3.63, 3.8) is 0 Å². The highest BCUT2D eigenvalue weighted by atomic mass is 32.1. The molecule has 0 bridgehead atoms. The minimum Gasteiger partial charge on any atom is -0.497 e. The molecule has 29 heavy (non-hydrogen) atoms. The number of hydrogen-bond acceptors (Lipinski definition) is 6. The number of anilines is 1. The number of rotatable bonds is 4. The molecule has 4 aromatic rings. The van der Waals surface area contributed by atoms with Crippen molar-refractivity contribution in [1.82, 2.24) is 15.2 Å². The fourth-order valence-electron chi connectivity index (χ4n) is 3.44. The Hall–Kier alpha value is -3.39. The molecule has 1 aliphatic rings. The molecule has 0 spiro atoms. The molecule has 5 rings (SSSR count). The summed E-state index contributed by atoms with van der Waals surface area (Å²) in [5, 5.41) is 10.3. The Balaban J connectivity index is 1.33. The number of benzene rings is 2. The van der Waals surface area contributed by atoms with Crippen molar-refractivity contribution < 1.29 is 14.3 Å². The molecule has 2 aromatic heterocycles. The Morgan fingerprint density at radius 1 is 1.28 bits per heavy atom. The highest BCUT2D eigenvalue weighted by Crippen LogP contribution is 2.33. The van der Waals surface area contributed by atoms with Crippen LogP contribution >= 0.6 is 11.3 Å². The van der Waals surface area contributed by atoms with Crippen LogP contribution in [0.15, 0.2) is 48.8 Å². The average molecular weight is 406 g/mol. The largest absolute Gasteiger partial charge is 0.497 e. The van der Waals surface area contributed by atoms with Gasteiger partial charge in [0.2, 0.25) is 5.91 Å². The van der Waals surface area contributed by atoms with Crippen LogP contribution in [0.4, 0.5) is 5.13 Å². The van der Waals surface area contributed by atoms with Crippen LogP contribution in [-0.4, -0.2) is 34.8 Å². The molecule has 0 radical (unpaired) electrons. The Bertz CT molecular complexity index is 1190. The van der Waals surface area contributed by atoms with E-state index in [0.717, 1.165) is 38.4 Å². The van der Waals surface area contributed by atoms with E-state index in [4.69, 9.17) is 9.47 Å². The Labute approximate surface area is 170 Å². The molecule has 1 amide bonds. The first-order valence-electron chi connectivity index (χ1n) is 9.20. The molecule has 1 aliphatic heterocycles. The number of nitrogens with one attached hydrogen (secondary N) is 2. The normalized spacial score (nSPS) is 15.6. The van der Waals surface area contributed by atoms with Crippen LogP contribution < -0.4 is 14.8 Å². The number of amides is 1. The molecule has 3 heterocycles. The highest BCUT2D eigenvalue weighted by molar-refractivity contribution is 7.22. The van der Waals surface area contributed by atoms with Crippen molar-refractivity contribution in [2.45, 2.75) is 6.42 Å². The van der Waals surface area contributed by atoms with E-state index >= 15 is 0 Å². The van der Waals surface area contributed by atoms with Crippen molar-refractivity contribution in [2.75, 3.05) is 19.0 Å². The number of ether oxygens (including phenoxy) is 2. The van der Waals surface area contributed by atoms with Gasteiger partial charge in [0.15, 0.2) is 5.13 Å². The van der Waals surface area contributed by atoms with Crippen LogP contribution in [-0.2, 0) is 11.2 Å². The summed E-state index contributed by atoms with van der Waals surface area (Å²) in [4.78, 5) is 17.3. The molecule has 0 unspecified atom stereocenters. The summed E-state index contributed by atoms with van der Waals surface area (Å²) in [6, 6.07) is 11.7. The Morgan fingerprint density at radius 3 is 3.03 bits per heavy atom.